The maximum absolute atomic E-state index is 13.2. The number of ether oxygens (including phenoxy) is 8. The molecule has 2 aromatic carbocycles. The van der Waals surface area contributed by atoms with E-state index in [-0.39, 0.29) is 37.9 Å². The molecule has 18 heteroatoms. The maximum atomic E-state index is 13.2. The predicted molar refractivity (Wildman–Crippen MR) is 202 cm³/mol. The van der Waals surface area contributed by atoms with Gasteiger partial charge in [-0.1, -0.05) is 74.5 Å². The lowest BCUT2D eigenvalue weighted by atomic mass is 9.85. The van der Waals surface area contributed by atoms with Crippen molar-refractivity contribution in [1.29, 1.82) is 0 Å². The molecule has 58 heavy (non-hydrogen) atoms. The Labute approximate surface area is 341 Å². The number of benzene rings is 2. The summed E-state index contributed by atoms with van der Waals surface area (Å²) in [6, 6.07) is 16.1. The number of hydrogen-bond donors (Lipinski definition) is 5. The van der Waals surface area contributed by atoms with E-state index < -0.39 is 110 Å². The van der Waals surface area contributed by atoms with Crippen LogP contribution in [0.5, 0.6) is 0 Å². The summed E-state index contributed by atoms with van der Waals surface area (Å²) in [5.41, 5.74) is 1.59. The lowest BCUT2D eigenvalue weighted by Gasteiger charge is -2.50. The molecule has 8 unspecified atom stereocenters. The quantitative estimate of drug-likeness (QED) is 0.163. The van der Waals surface area contributed by atoms with E-state index in [1.807, 2.05) is 67.6 Å². The summed E-state index contributed by atoms with van der Waals surface area (Å²) >= 11 is 6.09. The lowest BCUT2D eigenvalue weighted by molar-refractivity contribution is -0.375. The van der Waals surface area contributed by atoms with Gasteiger partial charge in [0.15, 0.2) is 25.0 Å². The van der Waals surface area contributed by atoms with Crippen molar-refractivity contribution in [3.8, 4) is 0 Å². The number of fused-ring (bicyclic) bond motifs is 3. The minimum Gasteiger partial charge on any atom is -0.445 e. The molecule has 17 nitrogen and oxygen atoms in total. The molecule has 0 radical (unpaired) electrons. The number of hydrogen-bond acceptors (Lipinski definition) is 14. The van der Waals surface area contributed by atoms with Crippen molar-refractivity contribution in [2.75, 3.05) is 12.9 Å². The first-order valence-electron chi connectivity index (χ1n) is 19.7. The van der Waals surface area contributed by atoms with Crippen LogP contribution in [-0.4, -0.2) is 137 Å². The van der Waals surface area contributed by atoms with Crippen LogP contribution in [0.15, 0.2) is 60.7 Å². The van der Waals surface area contributed by atoms with Gasteiger partial charge in [0, 0.05) is 30.8 Å². The van der Waals surface area contributed by atoms with Gasteiger partial charge < -0.3 is 63.8 Å². The zero-order chi connectivity index (χ0) is 41.1. The molecule has 7 rings (SSSR count). The fraction of sp³-hybridized carbons (Fsp3) is 0.625. The molecule has 0 spiro atoms. The number of nitrogens with one attached hydrogen (secondary N) is 2. The van der Waals surface area contributed by atoms with Gasteiger partial charge in [-0.2, -0.15) is 0 Å². The monoisotopic (exact) mass is 833 g/mol. The molecule has 4 aliphatic heterocycles. The number of amides is 3. The Morgan fingerprint density at radius 2 is 1.43 bits per heavy atom. The average Bonchev–Trinajstić information content (AvgIpc) is 3.52. The predicted octanol–water partition coefficient (Wildman–Crippen LogP) is 2.75. The van der Waals surface area contributed by atoms with Crippen LogP contribution in [0, 0.1) is 11.8 Å². The third kappa shape index (κ3) is 9.48. The fourth-order valence-electron chi connectivity index (χ4n) is 8.32. The molecule has 318 valence electrons. The van der Waals surface area contributed by atoms with E-state index in [0.717, 1.165) is 11.1 Å². The number of alkyl carbamates (subject to hydrolysis) is 2. The molecule has 16 atom stereocenters. The molecule has 4 saturated heterocycles. The summed E-state index contributed by atoms with van der Waals surface area (Å²) in [6.45, 7) is 3.64. The standard InChI is InChI=1S/C40H52ClN3O14/c1-20-14-27-33(34-29(44(3)40(50)57-34)36(53-27)58-37-31(47)30(46)21(2)28(17-41)54-37)56-35(20)55-32-25(43-39(49)52-19-23-12-8-5-9-13-23)15-24(16-26(32)45)42-38(48)51-18-22-10-6-4-7-11-22/h4-13,20-21,24-37,45-47H,14-19H2,1-3H3,(H,42,48)(H,43,49)/t20?,21-,24-,25?,26-,27+,28?,29?,30+,31?,32-,33?,34?,35+,36?,37-/m1/s1. The number of carbonyl (C=O) groups is 3. The van der Waals surface area contributed by atoms with Crippen molar-refractivity contribution in [2.24, 2.45) is 11.8 Å². The van der Waals surface area contributed by atoms with Crippen LogP contribution in [0.25, 0.3) is 0 Å². The molecule has 1 saturated carbocycles. The van der Waals surface area contributed by atoms with E-state index in [1.54, 1.807) is 6.92 Å². The van der Waals surface area contributed by atoms with E-state index in [4.69, 9.17) is 49.5 Å². The van der Waals surface area contributed by atoms with Crippen LogP contribution < -0.4 is 10.6 Å². The van der Waals surface area contributed by atoms with Crippen molar-refractivity contribution in [1.82, 2.24) is 15.5 Å². The maximum Gasteiger partial charge on any atom is 0.410 e. The number of aliphatic hydroxyl groups excluding tert-OH is 3. The van der Waals surface area contributed by atoms with Crippen molar-refractivity contribution >= 4 is 29.9 Å². The van der Waals surface area contributed by atoms with Gasteiger partial charge in [0.25, 0.3) is 0 Å². The smallest absolute Gasteiger partial charge is 0.410 e. The summed E-state index contributed by atoms with van der Waals surface area (Å²) in [5.74, 6) is -0.753. The minimum atomic E-state index is -1.41. The van der Waals surface area contributed by atoms with Crippen molar-refractivity contribution in [3.05, 3.63) is 71.8 Å². The van der Waals surface area contributed by atoms with Crippen LogP contribution >= 0.6 is 11.6 Å². The number of rotatable bonds is 11. The Morgan fingerprint density at radius 1 is 0.793 bits per heavy atom. The largest absolute Gasteiger partial charge is 0.445 e. The van der Waals surface area contributed by atoms with Crippen LogP contribution in [0.2, 0.25) is 0 Å². The van der Waals surface area contributed by atoms with Crippen LogP contribution in [0.3, 0.4) is 0 Å². The van der Waals surface area contributed by atoms with Gasteiger partial charge in [0.1, 0.15) is 37.6 Å². The lowest BCUT2D eigenvalue weighted by Crippen LogP contribution is -2.66. The Hall–Kier alpha value is -3.78. The van der Waals surface area contributed by atoms with Crippen LogP contribution in [-0.2, 0) is 51.1 Å². The molecule has 5 N–H and O–H groups in total. The number of halogens is 1. The summed E-state index contributed by atoms with van der Waals surface area (Å²) in [6.07, 6.45) is -12.7. The number of likely N-dealkylation sites (N-methyl/N-ethyl adjacent to an activating group) is 1. The zero-order valence-electron chi connectivity index (χ0n) is 32.4. The van der Waals surface area contributed by atoms with Crippen LogP contribution in [0.1, 0.15) is 44.2 Å². The summed E-state index contributed by atoms with van der Waals surface area (Å²) in [7, 11) is 1.52. The summed E-state index contributed by atoms with van der Waals surface area (Å²) in [4.78, 5) is 40.3. The molecule has 4 heterocycles. The van der Waals surface area contributed by atoms with Crippen molar-refractivity contribution in [2.45, 2.75) is 132 Å². The van der Waals surface area contributed by atoms with Gasteiger partial charge in [-0.05, 0) is 30.4 Å². The minimum absolute atomic E-state index is 0.00601. The Bertz CT molecular complexity index is 1700. The molecule has 0 aromatic heterocycles. The van der Waals surface area contributed by atoms with E-state index in [0.29, 0.717) is 6.42 Å². The first-order chi connectivity index (χ1) is 27.9. The second-order valence-corrected chi connectivity index (χ2v) is 16.0. The van der Waals surface area contributed by atoms with Gasteiger partial charge in [0.2, 0.25) is 0 Å². The van der Waals surface area contributed by atoms with Gasteiger partial charge in [-0.3, -0.25) is 4.90 Å². The molecule has 0 bridgehead atoms. The van der Waals surface area contributed by atoms with Crippen molar-refractivity contribution in [3.63, 3.8) is 0 Å². The normalized spacial score (nSPS) is 38.5. The number of alkyl halides is 1. The summed E-state index contributed by atoms with van der Waals surface area (Å²) in [5, 5.41) is 38.7. The van der Waals surface area contributed by atoms with E-state index in [2.05, 4.69) is 10.6 Å². The van der Waals surface area contributed by atoms with E-state index >= 15 is 0 Å². The average molecular weight is 834 g/mol. The van der Waals surface area contributed by atoms with Crippen molar-refractivity contribution < 1.29 is 67.6 Å². The molecule has 1 aliphatic carbocycles. The summed E-state index contributed by atoms with van der Waals surface area (Å²) < 4.78 is 48.3. The van der Waals surface area contributed by atoms with Crippen LogP contribution in [0.4, 0.5) is 14.4 Å². The zero-order valence-corrected chi connectivity index (χ0v) is 33.2. The number of nitrogens with zero attached hydrogens (tertiary/aromatic N) is 1. The van der Waals surface area contributed by atoms with Gasteiger partial charge in [-0.15, -0.1) is 11.6 Å². The Morgan fingerprint density at radius 3 is 2.07 bits per heavy atom. The molecule has 3 amide bonds. The van der Waals surface area contributed by atoms with Gasteiger partial charge in [-0.25, -0.2) is 14.4 Å². The SMILES string of the molecule is CC1C[C@@H]2OC(O[C@H]3OC(CCl)[C@@H](C)[C@H](O)C3O)C3C(OC(=O)N3C)C2O[C@@H]1O[C@@H]1C(NC(=O)OCc2ccccc2)C[C@@H](NC(=O)OCc2ccccc2)C[C@H]1O. The third-order valence-corrected chi connectivity index (χ3v) is 11.9. The highest BCUT2D eigenvalue weighted by Gasteiger charge is 2.60. The molecule has 5 aliphatic rings. The Kier molecular flexibility index (Phi) is 13.6. The first kappa shape index (κ1) is 42.3. The molecular formula is C40H52ClN3O14. The molecule has 5 fully saturated rings. The first-order valence-corrected chi connectivity index (χ1v) is 20.2. The molecule has 2 aromatic rings. The fourth-order valence-corrected chi connectivity index (χ4v) is 8.67. The highest BCUT2D eigenvalue weighted by atomic mass is 35.5. The van der Waals surface area contributed by atoms with Gasteiger partial charge in [0.05, 0.1) is 30.5 Å². The molecular weight excluding hydrogens is 782 g/mol. The number of aliphatic hydroxyl groups is 3. The Balaban J connectivity index is 1.03. The van der Waals surface area contributed by atoms with E-state index in [1.165, 1.54) is 11.9 Å². The van der Waals surface area contributed by atoms with Gasteiger partial charge >= 0.3 is 18.3 Å². The highest BCUT2D eigenvalue weighted by Crippen LogP contribution is 2.42. The van der Waals surface area contributed by atoms with E-state index in [9.17, 15) is 29.7 Å². The highest BCUT2D eigenvalue weighted by molar-refractivity contribution is 6.18. The number of carbonyl (C=O) groups excluding carboxylic acids is 3. The topological polar surface area (TPSA) is 213 Å². The second-order valence-electron chi connectivity index (χ2n) is 15.7. The third-order valence-electron chi connectivity index (χ3n) is 11.6. The second kappa shape index (κ2) is 18.6.